The first-order valence-electron chi connectivity index (χ1n) is 10.5. The number of rotatable bonds is 6. The molecule has 0 fully saturated rings. The first kappa shape index (κ1) is 20.2. The second-order valence-corrected chi connectivity index (χ2v) is 7.45. The zero-order valence-electron chi connectivity index (χ0n) is 18.1. The van der Waals surface area contributed by atoms with Gasteiger partial charge in [-0.05, 0) is 43.2 Å². The third-order valence-electron chi connectivity index (χ3n) is 5.69. The van der Waals surface area contributed by atoms with Crippen LogP contribution in [0.25, 0.3) is 44.5 Å². The van der Waals surface area contributed by atoms with E-state index in [-0.39, 0.29) is 5.82 Å². The summed E-state index contributed by atoms with van der Waals surface area (Å²) < 4.78 is 24.3. The second-order valence-electron chi connectivity index (χ2n) is 7.45. The summed E-state index contributed by atoms with van der Waals surface area (Å²) in [4.78, 5) is 4.52. The number of aryl methyl sites for hydroxylation is 2. The summed E-state index contributed by atoms with van der Waals surface area (Å²) in [6.07, 6.45) is 3.41. The predicted molar refractivity (Wildman–Crippen MR) is 119 cm³/mol. The van der Waals surface area contributed by atoms with Gasteiger partial charge >= 0.3 is 0 Å². The number of benzene rings is 2. The van der Waals surface area contributed by atoms with Gasteiger partial charge < -0.3 is 9.30 Å². The number of aromatic nitrogens is 7. The highest BCUT2D eigenvalue weighted by Crippen LogP contribution is 2.35. The molecule has 3 heterocycles. The van der Waals surface area contributed by atoms with Crippen LogP contribution in [0.4, 0.5) is 4.39 Å². The summed E-state index contributed by atoms with van der Waals surface area (Å²) in [5, 5.41) is 16.9. The van der Waals surface area contributed by atoms with Crippen LogP contribution < -0.4 is 0 Å². The summed E-state index contributed by atoms with van der Waals surface area (Å²) in [5.41, 5.74) is 6.63. The molecule has 0 saturated heterocycles. The van der Waals surface area contributed by atoms with Gasteiger partial charge in [0.2, 0.25) is 0 Å². The van der Waals surface area contributed by atoms with Crippen molar-refractivity contribution in [2.75, 3.05) is 7.11 Å². The first-order chi connectivity index (χ1) is 15.7. The van der Waals surface area contributed by atoms with Gasteiger partial charge in [-0.3, -0.25) is 0 Å². The Hall–Kier alpha value is -3.72. The molecule has 0 radical (unpaired) electrons. The molecule has 0 aliphatic heterocycles. The lowest BCUT2D eigenvalue weighted by atomic mass is 9.95. The molecule has 0 atom stereocenters. The number of ether oxygens (including phenoxy) is 1. The van der Waals surface area contributed by atoms with Crippen molar-refractivity contribution in [3.8, 4) is 22.3 Å². The van der Waals surface area contributed by atoms with Gasteiger partial charge in [0.25, 0.3) is 0 Å². The fraction of sp³-hybridized carbons (Fsp3) is 0.261. The van der Waals surface area contributed by atoms with E-state index in [2.05, 4.69) is 25.5 Å². The van der Waals surface area contributed by atoms with E-state index in [0.717, 1.165) is 39.8 Å². The zero-order valence-corrected chi connectivity index (χ0v) is 18.1. The average Bonchev–Trinajstić information content (AvgIpc) is 3.44. The molecule has 0 bridgehead atoms. The minimum Gasteiger partial charge on any atom is -0.380 e. The summed E-state index contributed by atoms with van der Waals surface area (Å²) >= 11 is 0. The van der Waals surface area contributed by atoms with Crippen LogP contribution >= 0.6 is 0 Å². The van der Waals surface area contributed by atoms with E-state index in [1.54, 1.807) is 25.7 Å². The average molecular weight is 431 g/mol. The maximum absolute atomic E-state index is 15.1. The van der Waals surface area contributed by atoms with E-state index in [4.69, 9.17) is 4.74 Å². The number of imidazole rings is 1. The molecular weight excluding hydrogens is 409 g/mol. The van der Waals surface area contributed by atoms with Gasteiger partial charge in [0.05, 0.1) is 24.6 Å². The first-order valence-corrected chi connectivity index (χ1v) is 10.5. The van der Waals surface area contributed by atoms with Crippen LogP contribution in [0.2, 0.25) is 0 Å². The topological polar surface area (TPSA) is 83.5 Å². The van der Waals surface area contributed by atoms with Gasteiger partial charge in [0, 0.05) is 36.9 Å². The normalized spacial score (nSPS) is 11.6. The molecule has 0 spiro atoms. The highest BCUT2D eigenvalue weighted by atomic mass is 19.1. The lowest BCUT2D eigenvalue weighted by Gasteiger charge is -2.13. The molecular formula is C23H22FN7O. The highest BCUT2D eigenvalue weighted by molar-refractivity contribution is 5.92. The summed E-state index contributed by atoms with van der Waals surface area (Å²) in [6.45, 7) is 5.75. The zero-order chi connectivity index (χ0) is 22.2. The Labute approximate surface area is 183 Å². The Morgan fingerprint density at radius 1 is 0.969 bits per heavy atom. The highest BCUT2D eigenvalue weighted by Gasteiger charge is 2.19. The summed E-state index contributed by atoms with van der Waals surface area (Å²) in [7, 11) is 1.61. The molecule has 0 N–H and O–H groups in total. The third-order valence-corrected chi connectivity index (χ3v) is 5.69. The van der Waals surface area contributed by atoms with Crippen LogP contribution in [0.5, 0.6) is 0 Å². The van der Waals surface area contributed by atoms with E-state index in [1.165, 1.54) is 6.07 Å². The molecule has 2 aromatic carbocycles. The molecule has 0 aliphatic rings. The van der Waals surface area contributed by atoms with Crippen molar-refractivity contribution in [3.63, 3.8) is 0 Å². The monoisotopic (exact) mass is 431 g/mol. The molecule has 3 aromatic heterocycles. The summed E-state index contributed by atoms with van der Waals surface area (Å²) in [6, 6.07) is 8.86. The van der Waals surface area contributed by atoms with Gasteiger partial charge in [-0.25, -0.2) is 14.1 Å². The van der Waals surface area contributed by atoms with Crippen LogP contribution in [0.15, 0.2) is 42.9 Å². The minimum absolute atomic E-state index is 0.292. The van der Waals surface area contributed by atoms with Crippen molar-refractivity contribution in [1.82, 2.24) is 34.7 Å². The lowest BCUT2D eigenvalue weighted by molar-refractivity contribution is 0.186. The fourth-order valence-corrected chi connectivity index (χ4v) is 4.08. The summed E-state index contributed by atoms with van der Waals surface area (Å²) in [5.74, 6) is -0.328. The lowest BCUT2D eigenvalue weighted by Crippen LogP contribution is -1.99. The Kier molecular flexibility index (Phi) is 5.10. The number of methoxy groups -OCH3 is 1. The van der Waals surface area contributed by atoms with Crippen molar-refractivity contribution in [2.24, 2.45) is 0 Å². The standard InChI is InChI=1S/C23H22FN7O/c1-4-30-13-25-22-17(11-26-28-23(22)30)14-6-8-19(24)16(10-14)15-7-9-20-21(18(15)12-32-3)27-29-31(20)5-2/h6-11,13H,4-5,12H2,1-3H3. The molecule has 32 heavy (non-hydrogen) atoms. The fourth-order valence-electron chi connectivity index (χ4n) is 4.08. The Balaban J connectivity index is 1.71. The molecule has 5 aromatic rings. The van der Waals surface area contributed by atoms with E-state index in [0.29, 0.717) is 29.9 Å². The maximum atomic E-state index is 15.1. The Morgan fingerprint density at radius 2 is 1.84 bits per heavy atom. The molecule has 162 valence electrons. The van der Waals surface area contributed by atoms with Gasteiger partial charge in [0.1, 0.15) is 16.9 Å². The quantitative estimate of drug-likeness (QED) is 0.400. The van der Waals surface area contributed by atoms with E-state index in [9.17, 15) is 0 Å². The molecule has 0 amide bonds. The van der Waals surface area contributed by atoms with Gasteiger partial charge in [-0.1, -0.05) is 17.3 Å². The van der Waals surface area contributed by atoms with Crippen molar-refractivity contribution in [2.45, 2.75) is 33.5 Å². The smallest absolute Gasteiger partial charge is 0.183 e. The predicted octanol–water partition coefficient (Wildman–Crippen LogP) is 4.23. The van der Waals surface area contributed by atoms with Crippen molar-refractivity contribution in [3.05, 3.63) is 54.2 Å². The number of hydrogen-bond acceptors (Lipinski definition) is 6. The van der Waals surface area contributed by atoms with Crippen LogP contribution in [-0.4, -0.2) is 41.9 Å². The molecule has 5 rings (SSSR count). The van der Waals surface area contributed by atoms with Crippen LogP contribution in [0.3, 0.4) is 0 Å². The number of nitrogens with zero attached hydrogens (tertiary/aromatic N) is 7. The van der Waals surface area contributed by atoms with Crippen LogP contribution in [0.1, 0.15) is 19.4 Å². The molecule has 0 saturated carbocycles. The van der Waals surface area contributed by atoms with Crippen LogP contribution in [-0.2, 0) is 24.4 Å². The maximum Gasteiger partial charge on any atom is 0.183 e. The van der Waals surface area contributed by atoms with Gasteiger partial charge in [-0.15, -0.1) is 10.2 Å². The van der Waals surface area contributed by atoms with Gasteiger partial charge in [-0.2, -0.15) is 5.10 Å². The van der Waals surface area contributed by atoms with Crippen molar-refractivity contribution < 1.29 is 9.13 Å². The largest absolute Gasteiger partial charge is 0.380 e. The minimum atomic E-state index is -0.328. The van der Waals surface area contributed by atoms with E-state index in [1.807, 2.05) is 41.3 Å². The number of fused-ring (bicyclic) bond motifs is 2. The SMILES string of the molecule is CCn1cnc2c(-c3ccc(F)c(-c4ccc5c(nnn5CC)c4COC)c3)cnnc21. The molecule has 0 unspecified atom stereocenters. The molecule has 8 nitrogen and oxygen atoms in total. The third kappa shape index (κ3) is 3.13. The van der Waals surface area contributed by atoms with Crippen molar-refractivity contribution in [1.29, 1.82) is 0 Å². The molecule has 0 aliphatic carbocycles. The van der Waals surface area contributed by atoms with E-state index >= 15 is 4.39 Å². The Bertz CT molecular complexity index is 1440. The second kappa shape index (κ2) is 8.08. The number of hydrogen-bond donors (Lipinski definition) is 0. The van der Waals surface area contributed by atoms with E-state index < -0.39 is 0 Å². The molecule has 9 heteroatoms. The number of halogens is 1. The Morgan fingerprint density at radius 3 is 2.62 bits per heavy atom. The van der Waals surface area contributed by atoms with Gasteiger partial charge in [0.15, 0.2) is 5.65 Å². The van der Waals surface area contributed by atoms with Crippen molar-refractivity contribution >= 4 is 22.2 Å². The van der Waals surface area contributed by atoms with Crippen LogP contribution in [0, 0.1) is 5.82 Å².